The zero-order chi connectivity index (χ0) is 16.3. The maximum Gasteiger partial charge on any atom is 0.222 e. The number of nitrogens with one attached hydrogen (secondary N) is 1. The molecule has 0 aliphatic heterocycles. The van der Waals surface area contributed by atoms with Crippen molar-refractivity contribution in [3.8, 4) is 0 Å². The smallest absolute Gasteiger partial charge is 0.222 e. The van der Waals surface area contributed by atoms with E-state index in [2.05, 4.69) is 24.3 Å². The van der Waals surface area contributed by atoms with E-state index < -0.39 is 0 Å². The van der Waals surface area contributed by atoms with Crippen molar-refractivity contribution in [2.45, 2.75) is 53.1 Å². The first-order valence-corrected chi connectivity index (χ1v) is 7.76. The lowest BCUT2D eigenvalue weighted by atomic mass is 10.1. The third-order valence-electron chi connectivity index (χ3n) is 4.26. The van der Waals surface area contributed by atoms with Gasteiger partial charge in [-0.1, -0.05) is 30.3 Å². The Hall–Kier alpha value is -2.10. The van der Waals surface area contributed by atoms with Crippen molar-refractivity contribution in [1.29, 1.82) is 0 Å². The summed E-state index contributed by atoms with van der Waals surface area (Å²) in [5.41, 5.74) is 4.48. The molecule has 2 rings (SSSR count). The highest BCUT2D eigenvalue weighted by Crippen LogP contribution is 2.19. The lowest BCUT2D eigenvalue weighted by Crippen LogP contribution is -2.29. The molecule has 1 heterocycles. The van der Waals surface area contributed by atoms with Gasteiger partial charge < -0.3 is 5.32 Å². The van der Waals surface area contributed by atoms with Gasteiger partial charge in [-0.3, -0.25) is 9.48 Å². The number of hydrogen-bond acceptors (Lipinski definition) is 2. The van der Waals surface area contributed by atoms with Crippen LogP contribution in [0.2, 0.25) is 0 Å². The molecule has 0 unspecified atom stereocenters. The number of amides is 1. The minimum absolute atomic E-state index is 0.0168. The summed E-state index contributed by atoms with van der Waals surface area (Å²) in [7, 11) is 0. The number of aromatic nitrogens is 2. The molecule has 2 atom stereocenters. The summed E-state index contributed by atoms with van der Waals surface area (Å²) in [6.07, 6.45) is 0.429. The summed E-state index contributed by atoms with van der Waals surface area (Å²) in [6.45, 7) is 10.2. The molecule has 1 N–H and O–H groups in total. The molecule has 118 valence electrons. The highest BCUT2D eigenvalue weighted by molar-refractivity contribution is 5.76. The van der Waals surface area contributed by atoms with Crippen LogP contribution in [0.5, 0.6) is 0 Å². The average Bonchev–Trinajstić information content (AvgIpc) is 2.75. The predicted octanol–water partition coefficient (Wildman–Crippen LogP) is 3.64. The Morgan fingerprint density at radius 1 is 1.18 bits per heavy atom. The van der Waals surface area contributed by atoms with Crippen LogP contribution in [0.1, 0.15) is 54.9 Å². The lowest BCUT2D eigenvalue weighted by Gasteiger charge is -2.18. The van der Waals surface area contributed by atoms with Crippen molar-refractivity contribution >= 4 is 5.91 Å². The molecule has 0 spiro atoms. The second-order valence-corrected chi connectivity index (χ2v) is 5.99. The number of aryl methyl sites for hydroxylation is 1. The van der Waals surface area contributed by atoms with Crippen molar-refractivity contribution in [3.63, 3.8) is 0 Å². The maximum atomic E-state index is 12.3. The number of hydrogen-bond donors (Lipinski definition) is 1. The Labute approximate surface area is 132 Å². The normalized spacial score (nSPS) is 13.7. The zero-order valence-electron chi connectivity index (χ0n) is 14.1. The van der Waals surface area contributed by atoms with Gasteiger partial charge in [0, 0.05) is 12.1 Å². The largest absolute Gasteiger partial charge is 0.350 e. The molecule has 0 bridgehead atoms. The standard InChI is InChI=1S/C18H25N3O/c1-12(21-16(5)13(2)14(3)20-21)11-18(22)19-15(4)17-9-7-6-8-10-17/h6-10,12,15H,11H2,1-5H3,(H,19,22)/t12-,15+/m1/s1. The molecule has 0 fully saturated rings. The summed E-state index contributed by atoms with van der Waals surface area (Å²) in [6, 6.07) is 10.1. The van der Waals surface area contributed by atoms with E-state index in [1.54, 1.807) is 0 Å². The number of rotatable bonds is 5. The number of nitrogens with zero attached hydrogens (tertiary/aromatic N) is 2. The molecule has 4 nitrogen and oxygen atoms in total. The van der Waals surface area contributed by atoms with Crippen LogP contribution in [0.15, 0.2) is 30.3 Å². The van der Waals surface area contributed by atoms with E-state index in [0.717, 1.165) is 17.0 Å². The fraction of sp³-hybridized carbons (Fsp3) is 0.444. The van der Waals surface area contributed by atoms with Gasteiger partial charge >= 0.3 is 0 Å². The molecule has 1 aromatic heterocycles. The minimum atomic E-state index is 0.0168. The average molecular weight is 299 g/mol. The minimum Gasteiger partial charge on any atom is -0.350 e. The van der Waals surface area contributed by atoms with E-state index in [4.69, 9.17) is 0 Å². The molecule has 2 aromatic rings. The van der Waals surface area contributed by atoms with Gasteiger partial charge in [-0.15, -0.1) is 0 Å². The van der Waals surface area contributed by atoms with E-state index in [0.29, 0.717) is 6.42 Å². The lowest BCUT2D eigenvalue weighted by molar-refractivity contribution is -0.122. The highest BCUT2D eigenvalue weighted by atomic mass is 16.1. The second-order valence-electron chi connectivity index (χ2n) is 5.99. The highest BCUT2D eigenvalue weighted by Gasteiger charge is 2.17. The van der Waals surface area contributed by atoms with Gasteiger partial charge in [0.25, 0.3) is 0 Å². The van der Waals surface area contributed by atoms with Crippen LogP contribution in [0.25, 0.3) is 0 Å². The Bertz CT molecular complexity index is 646. The van der Waals surface area contributed by atoms with E-state index in [1.807, 2.05) is 55.8 Å². The maximum absolute atomic E-state index is 12.3. The summed E-state index contributed by atoms with van der Waals surface area (Å²) in [5, 5.41) is 7.59. The Morgan fingerprint density at radius 2 is 1.82 bits per heavy atom. The Balaban J connectivity index is 1.98. The van der Waals surface area contributed by atoms with Gasteiger partial charge in [0.05, 0.1) is 17.8 Å². The summed E-state index contributed by atoms with van der Waals surface area (Å²) >= 11 is 0. The van der Waals surface area contributed by atoms with Gasteiger partial charge in [-0.25, -0.2) is 0 Å². The van der Waals surface area contributed by atoms with Crippen molar-refractivity contribution in [2.75, 3.05) is 0 Å². The fourth-order valence-corrected chi connectivity index (χ4v) is 2.65. The van der Waals surface area contributed by atoms with Crippen LogP contribution in [-0.4, -0.2) is 15.7 Å². The van der Waals surface area contributed by atoms with Crippen LogP contribution in [0.4, 0.5) is 0 Å². The molecule has 0 aliphatic rings. The van der Waals surface area contributed by atoms with Crippen molar-refractivity contribution in [1.82, 2.24) is 15.1 Å². The van der Waals surface area contributed by atoms with Crippen LogP contribution in [-0.2, 0) is 4.79 Å². The molecule has 1 aromatic carbocycles. The molecular formula is C18H25N3O. The first kappa shape index (κ1) is 16.3. The molecular weight excluding hydrogens is 274 g/mol. The zero-order valence-corrected chi connectivity index (χ0v) is 14.1. The fourth-order valence-electron chi connectivity index (χ4n) is 2.65. The predicted molar refractivity (Wildman–Crippen MR) is 88.8 cm³/mol. The molecule has 22 heavy (non-hydrogen) atoms. The van der Waals surface area contributed by atoms with Gasteiger partial charge in [-0.2, -0.15) is 5.10 Å². The third kappa shape index (κ3) is 3.56. The van der Waals surface area contributed by atoms with Gasteiger partial charge in [0.1, 0.15) is 0 Å². The molecule has 1 amide bonds. The van der Waals surface area contributed by atoms with Gasteiger partial charge in [0.2, 0.25) is 5.91 Å². The van der Waals surface area contributed by atoms with Crippen molar-refractivity contribution < 1.29 is 4.79 Å². The van der Waals surface area contributed by atoms with E-state index in [9.17, 15) is 4.79 Å². The first-order valence-electron chi connectivity index (χ1n) is 7.76. The monoisotopic (exact) mass is 299 g/mol. The SMILES string of the molecule is Cc1nn([C@H](C)CC(=O)N[C@@H](C)c2ccccc2)c(C)c1C. The molecule has 0 aliphatic carbocycles. The quantitative estimate of drug-likeness (QED) is 0.916. The third-order valence-corrected chi connectivity index (χ3v) is 4.26. The number of benzene rings is 1. The topological polar surface area (TPSA) is 46.9 Å². The van der Waals surface area contributed by atoms with Crippen molar-refractivity contribution in [3.05, 3.63) is 52.8 Å². The summed E-state index contributed by atoms with van der Waals surface area (Å²) < 4.78 is 1.96. The molecule has 4 heteroatoms. The summed E-state index contributed by atoms with van der Waals surface area (Å²) in [4.78, 5) is 12.3. The molecule has 0 saturated heterocycles. The van der Waals surface area contributed by atoms with Gasteiger partial charge in [-0.05, 0) is 45.7 Å². The van der Waals surface area contributed by atoms with Crippen LogP contribution in [0, 0.1) is 20.8 Å². The molecule has 0 saturated carbocycles. The first-order chi connectivity index (χ1) is 10.4. The van der Waals surface area contributed by atoms with Crippen molar-refractivity contribution in [2.24, 2.45) is 0 Å². The molecule has 0 radical (unpaired) electrons. The second kappa shape index (κ2) is 6.77. The van der Waals surface area contributed by atoms with E-state index >= 15 is 0 Å². The van der Waals surface area contributed by atoms with Crippen LogP contribution < -0.4 is 5.32 Å². The summed E-state index contributed by atoms with van der Waals surface area (Å²) in [5.74, 6) is 0.0501. The van der Waals surface area contributed by atoms with Crippen LogP contribution >= 0.6 is 0 Å². The van der Waals surface area contributed by atoms with E-state index in [1.165, 1.54) is 5.56 Å². The Morgan fingerprint density at radius 3 is 2.36 bits per heavy atom. The number of carbonyl (C=O) groups is 1. The van der Waals surface area contributed by atoms with Crippen LogP contribution in [0.3, 0.4) is 0 Å². The Kier molecular flexibility index (Phi) is 5.01. The number of carbonyl (C=O) groups excluding carboxylic acids is 1. The van der Waals surface area contributed by atoms with Gasteiger partial charge in [0.15, 0.2) is 0 Å². The van der Waals surface area contributed by atoms with E-state index in [-0.39, 0.29) is 18.0 Å².